The van der Waals surface area contributed by atoms with Gasteiger partial charge in [-0.2, -0.15) is 0 Å². The van der Waals surface area contributed by atoms with E-state index in [9.17, 15) is 0 Å². The third-order valence-corrected chi connectivity index (χ3v) is 1.89. The van der Waals surface area contributed by atoms with Crippen LogP contribution in [0.5, 0.6) is 0 Å². The average molecular weight is 177 g/mol. The first-order valence-corrected chi connectivity index (χ1v) is 4.17. The summed E-state index contributed by atoms with van der Waals surface area (Å²) in [6.45, 7) is 2.91. The highest BCUT2D eigenvalue weighted by Crippen LogP contribution is 2.12. The summed E-state index contributed by atoms with van der Waals surface area (Å²) in [6.07, 6.45) is 5.39. The standard InChI is InChI=1S/C8H11N5/c1-3-13-6-10-11-8(13)7-4-12(2)5-9-7/h4-6H,3H2,1-2H3. The van der Waals surface area contributed by atoms with Gasteiger partial charge in [-0.1, -0.05) is 0 Å². The van der Waals surface area contributed by atoms with Gasteiger partial charge in [0.2, 0.25) is 0 Å². The molecule has 2 heterocycles. The lowest BCUT2D eigenvalue weighted by atomic mass is 10.4. The molecule has 0 saturated carbocycles. The first-order valence-electron chi connectivity index (χ1n) is 4.17. The van der Waals surface area contributed by atoms with E-state index in [1.165, 1.54) is 0 Å². The minimum Gasteiger partial charge on any atom is -0.340 e. The maximum atomic E-state index is 4.21. The van der Waals surface area contributed by atoms with E-state index in [-0.39, 0.29) is 0 Å². The van der Waals surface area contributed by atoms with Gasteiger partial charge in [0, 0.05) is 19.8 Å². The fourth-order valence-corrected chi connectivity index (χ4v) is 1.21. The molecule has 0 unspecified atom stereocenters. The van der Waals surface area contributed by atoms with Crippen molar-refractivity contribution in [2.24, 2.45) is 7.05 Å². The average Bonchev–Trinajstić information content (AvgIpc) is 2.71. The number of hydrogen-bond acceptors (Lipinski definition) is 3. The van der Waals surface area contributed by atoms with Crippen molar-refractivity contribution in [3.8, 4) is 11.5 Å². The van der Waals surface area contributed by atoms with E-state index >= 15 is 0 Å². The lowest BCUT2D eigenvalue weighted by Crippen LogP contribution is -1.95. The molecule has 0 bridgehead atoms. The molecule has 0 aliphatic rings. The molecule has 0 N–H and O–H groups in total. The van der Waals surface area contributed by atoms with Crippen LogP contribution in [0, 0.1) is 0 Å². The van der Waals surface area contributed by atoms with E-state index in [0.29, 0.717) is 0 Å². The van der Waals surface area contributed by atoms with Crippen LogP contribution in [0.4, 0.5) is 0 Å². The van der Waals surface area contributed by atoms with E-state index in [1.54, 1.807) is 12.7 Å². The molecule has 0 spiro atoms. The topological polar surface area (TPSA) is 48.5 Å². The van der Waals surface area contributed by atoms with E-state index in [0.717, 1.165) is 18.1 Å². The van der Waals surface area contributed by atoms with Gasteiger partial charge in [-0.15, -0.1) is 10.2 Å². The number of imidazole rings is 1. The zero-order valence-corrected chi connectivity index (χ0v) is 7.68. The largest absolute Gasteiger partial charge is 0.340 e. The fourth-order valence-electron chi connectivity index (χ4n) is 1.21. The summed E-state index contributed by atoms with van der Waals surface area (Å²) in [4.78, 5) is 4.21. The number of aryl methyl sites for hydroxylation is 2. The Morgan fingerprint density at radius 2 is 2.23 bits per heavy atom. The van der Waals surface area contributed by atoms with Crippen molar-refractivity contribution in [1.29, 1.82) is 0 Å². The molecule has 13 heavy (non-hydrogen) atoms. The van der Waals surface area contributed by atoms with Crippen LogP contribution >= 0.6 is 0 Å². The number of hydrogen-bond donors (Lipinski definition) is 0. The number of rotatable bonds is 2. The van der Waals surface area contributed by atoms with Gasteiger partial charge in [0.1, 0.15) is 12.0 Å². The molecule has 5 heteroatoms. The Morgan fingerprint density at radius 1 is 1.38 bits per heavy atom. The second-order valence-electron chi connectivity index (χ2n) is 2.86. The lowest BCUT2D eigenvalue weighted by molar-refractivity contribution is 0.765. The van der Waals surface area contributed by atoms with Crippen molar-refractivity contribution in [3.63, 3.8) is 0 Å². The van der Waals surface area contributed by atoms with Crippen LogP contribution in [-0.4, -0.2) is 24.3 Å². The van der Waals surface area contributed by atoms with Gasteiger partial charge in [-0.05, 0) is 6.92 Å². The highest BCUT2D eigenvalue weighted by molar-refractivity contribution is 5.47. The molecule has 0 aliphatic heterocycles. The van der Waals surface area contributed by atoms with Crippen molar-refractivity contribution in [2.75, 3.05) is 0 Å². The Labute approximate surface area is 76.0 Å². The smallest absolute Gasteiger partial charge is 0.183 e. The molecule has 0 fully saturated rings. The molecule has 0 atom stereocenters. The van der Waals surface area contributed by atoms with Crippen molar-refractivity contribution < 1.29 is 0 Å². The fraction of sp³-hybridized carbons (Fsp3) is 0.375. The molecule has 0 radical (unpaired) electrons. The molecule has 2 aromatic rings. The minimum atomic E-state index is 0.822. The van der Waals surface area contributed by atoms with Crippen LogP contribution in [-0.2, 0) is 13.6 Å². The van der Waals surface area contributed by atoms with Crippen LogP contribution < -0.4 is 0 Å². The summed E-state index contributed by atoms with van der Waals surface area (Å²) in [5, 5.41) is 7.85. The van der Waals surface area contributed by atoms with Gasteiger partial charge in [0.25, 0.3) is 0 Å². The monoisotopic (exact) mass is 177 g/mol. The summed E-state index contributed by atoms with van der Waals surface area (Å²) >= 11 is 0. The molecule has 0 aromatic carbocycles. The summed E-state index contributed by atoms with van der Waals surface area (Å²) in [7, 11) is 1.93. The Morgan fingerprint density at radius 3 is 2.85 bits per heavy atom. The van der Waals surface area contributed by atoms with Crippen molar-refractivity contribution in [2.45, 2.75) is 13.5 Å². The molecule has 2 rings (SSSR count). The normalized spacial score (nSPS) is 10.6. The highest BCUT2D eigenvalue weighted by atomic mass is 15.3. The molecular formula is C8H11N5. The van der Waals surface area contributed by atoms with Crippen LogP contribution in [0.2, 0.25) is 0 Å². The van der Waals surface area contributed by atoms with Gasteiger partial charge in [-0.3, -0.25) is 0 Å². The molecule has 68 valence electrons. The summed E-state index contributed by atoms with van der Waals surface area (Å²) in [6, 6.07) is 0. The Hall–Kier alpha value is -1.65. The van der Waals surface area contributed by atoms with E-state index in [2.05, 4.69) is 22.1 Å². The predicted molar refractivity (Wildman–Crippen MR) is 47.9 cm³/mol. The molecule has 0 amide bonds. The SMILES string of the molecule is CCn1cnnc1-c1cn(C)cn1. The maximum absolute atomic E-state index is 4.21. The minimum absolute atomic E-state index is 0.822. The third kappa shape index (κ3) is 1.32. The Kier molecular flexibility index (Phi) is 1.84. The summed E-state index contributed by atoms with van der Waals surface area (Å²) < 4.78 is 3.85. The van der Waals surface area contributed by atoms with E-state index in [4.69, 9.17) is 0 Å². The second-order valence-corrected chi connectivity index (χ2v) is 2.86. The van der Waals surface area contributed by atoms with Gasteiger partial charge in [-0.25, -0.2) is 4.98 Å². The third-order valence-electron chi connectivity index (χ3n) is 1.89. The van der Waals surface area contributed by atoms with Crippen LogP contribution in [0.1, 0.15) is 6.92 Å². The van der Waals surface area contributed by atoms with Crippen molar-refractivity contribution in [1.82, 2.24) is 24.3 Å². The first-order chi connectivity index (χ1) is 6.31. The molecule has 0 aliphatic carbocycles. The van der Waals surface area contributed by atoms with E-state index < -0.39 is 0 Å². The van der Waals surface area contributed by atoms with Crippen LogP contribution in [0.3, 0.4) is 0 Å². The zero-order valence-electron chi connectivity index (χ0n) is 7.68. The number of nitrogens with zero attached hydrogens (tertiary/aromatic N) is 5. The van der Waals surface area contributed by atoms with Crippen LogP contribution in [0.15, 0.2) is 18.9 Å². The Balaban J connectivity index is 2.45. The van der Waals surface area contributed by atoms with Crippen LogP contribution in [0.25, 0.3) is 11.5 Å². The van der Waals surface area contributed by atoms with E-state index in [1.807, 2.05) is 22.4 Å². The van der Waals surface area contributed by atoms with Gasteiger partial charge in [0.15, 0.2) is 5.82 Å². The highest BCUT2D eigenvalue weighted by Gasteiger charge is 2.07. The lowest BCUT2D eigenvalue weighted by Gasteiger charge is -1.97. The van der Waals surface area contributed by atoms with Gasteiger partial charge >= 0.3 is 0 Å². The molecule has 0 saturated heterocycles. The molecule has 2 aromatic heterocycles. The maximum Gasteiger partial charge on any atom is 0.183 e. The molecular weight excluding hydrogens is 166 g/mol. The molecule has 5 nitrogen and oxygen atoms in total. The quantitative estimate of drug-likeness (QED) is 0.678. The second kappa shape index (κ2) is 3.01. The van der Waals surface area contributed by atoms with Gasteiger partial charge < -0.3 is 9.13 Å². The van der Waals surface area contributed by atoms with Gasteiger partial charge in [0.05, 0.1) is 6.33 Å². The Bertz CT molecular complexity index is 400. The zero-order chi connectivity index (χ0) is 9.26. The van der Waals surface area contributed by atoms with Crippen molar-refractivity contribution in [3.05, 3.63) is 18.9 Å². The van der Waals surface area contributed by atoms with Crippen molar-refractivity contribution >= 4 is 0 Å². The predicted octanol–water partition coefficient (Wildman–Crippen LogP) is 0.698. The first kappa shape index (κ1) is 7.97. The summed E-state index contributed by atoms with van der Waals surface area (Å²) in [5.41, 5.74) is 0.863. The summed E-state index contributed by atoms with van der Waals surface area (Å²) in [5.74, 6) is 0.822. The number of aromatic nitrogens is 5.